The summed E-state index contributed by atoms with van der Waals surface area (Å²) in [6.45, 7) is 4.15. The summed E-state index contributed by atoms with van der Waals surface area (Å²) in [5.74, 6) is 0.0114. The van der Waals surface area contributed by atoms with E-state index in [1.54, 1.807) is 18.4 Å². The van der Waals surface area contributed by atoms with Gasteiger partial charge in [0.15, 0.2) is 0 Å². The van der Waals surface area contributed by atoms with Gasteiger partial charge in [-0.1, -0.05) is 12.1 Å². The first kappa shape index (κ1) is 17.4. The van der Waals surface area contributed by atoms with Crippen molar-refractivity contribution in [1.29, 1.82) is 0 Å². The molecule has 1 aromatic carbocycles. The summed E-state index contributed by atoms with van der Waals surface area (Å²) in [7, 11) is 0. The summed E-state index contributed by atoms with van der Waals surface area (Å²) in [4.78, 5) is 28.8. The van der Waals surface area contributed by atoms with Gasteiger partial charge in [-0.05, 0) is 49.2 Å². The van der Waals surface area contributed by atoms with E-state index in [1.165, 1.54) is 18.5 Å². The maximum Gasteiger partial charge on any atom is 0.257 e. The fourth-order valence-corrected chi connectivity index (χ4v) is 2.44. The molecule has 6 nitrogen and oxygen atoms in total. The zero-order valence-corrected chi connectivity index (χ0v) is 14.6. The van der Waals surface area contributed by atoms with E-state index in [9.17, 15) is 9.59 Å². The lowest BCUT2D eigenvalue weighted by Gasteiger charge is -2.10. The lowest BCUT2D eigenvalue weighted by atomic mass is 10.1. The monoisotopic (exact) mass is 349 g/mol. The van der Waals surface area contributed by atoms with Crippen LogP contribution in [-0.4, -0.2) is 16.8 Å². The van der Waals surface area contributed by atoms with Gasteiger partial charge in [0.2, 0.25) is 0 Å². The fraction of sp³-hybridized carbons (Fsp3) is 0.150. The van der Waals surface area contributed by atoms with Crippen molar-refractivity contribution in [2.45, 2.75) is 20.4 Å². The van der Waals surface area contributed by atoms with Crippen molar-refractivity contribution in [2.75, 3.05) is 5.32 Å². The van der Waals surface area contributed by atoms with Crippen molar-refractivity contribution < 1.29 is 14.0 Å². The Morgan fingerprint density at radius 2 is 1.81 bits per heavy atom. The number of carbonyl (C=O) groups excluding carboxylic acids is 2. The van der Waals surface area contributed by atoms with Crippen LogP contribution in [0.15, 0.2) is 59.5 Å². The van der Waals surface area contributed by atoms with E-state index in [0.29, 0.717) is 16.9 Å². The van der Waals surface area contributed by atoms with E-state index in [2.05, 4.69) is 15.6 Å². The average molecular weight is 349 g/mol. The Morgan fingerprint density at radius 3 is 2.54 bits per heavy atom. The number of anilines is 1. The molecule has 0 bridgehead atoms. The molecule has 2 N–H and O–H groups in total. The van der Waals surface area contributed by atoms with Gasteiger partial charge in [-0.2, -0.15) is 0 Å². The minimum atomic E-state index is -0.324. The van der Waals surface area contributed by atoms with Crippen molar-refractivity contribution in [1.82, 2.24) is 10.3 Å². The first-order chi connectivity index (χ1) is 12.5. The molecule has 0 saturated heterocycles. The number of nitrogens with one attached hydrogen (secondary N) is 2. The van der Waals surface area contributed by atoms with Gasteiger partial charge in [0.25, 0.3) is 11.8 Å². The number of aromatic nitrogens is 1. The van der Waals surface area contributed by atoms with Crippen LogP contribution in [0.3, 0.4) is 0 Å². The van der Waals surface area contributed by atoms with Gasteiger partial charge in [-0.25, -0.2) is 0 Å². The highest BCUT2D eigenvalue weighted by Crippen LogP contribution is 2.17. The Bertz CT molecular complexity index is 933. The zero-order chi connectivity index (χ0) is 18.5. The van der Waals surface area contributed by atoms with Crippen LogP contribution in [0.5, 0.6) is 0 Å². The molecule has 2 heterocycles. The fourth-order valence-electron chi connectivity index (χ4n) is 2.44. The summed E-state index contributed by atoms with van der Waals surface area (Å²) in [5, 5.41) is 5.59. The van der Waals surface area contributed by atoms with E-state index in [-0.39, 0.29) is 18.4 Å². The molecule has 0 aliphatic rings. The van der Waals surface area contributed by atoms with Gasteiger partial charge >= 0.3 is 0 Å². The number of amides is 2. The van der Waals surface area contributed by atoms with Crippen molar-refractivity contribution >= 4 is 17.5 Å². The minimum Gasteiger partial charge on any atom is -0.467 e. The van der Waals surface area contributed by atoms with Crippen molar-refractivity contribution in [2.24, 2.45) is 0 Å². The molecular weight excluding hydrogens is 330 g/mol. The molecule has 2 aromatic heterocycles. The summed E-state index contributed by atoms with van der Waals surface area (Å²) in [5.41, 5.74) is 3.38. The molecule has 0 aliphatic heterocycles. The third-order valence-electron chi connectivity index (χ3n) is 3.91. The Hall–Kier alpha value is -3.41. The number of pyridine rings is 1. The van der Waals surface area contributed by atoms with Crippen LogP contribution in [0.2, 0.25) is 0 Å². The summed E-state index contributed by atoms with van der Waals surface area (Å²) < 4.78 is 5.17. The molecule has 0 aliphatic carbocycles. The topological polar surface area (TPSA) is 84.2 Å². The summed E-state index contributed by atoms with van der Waals surface area (Å²) in [6.07, 6.45) is 4.40. The van der Waals surface area contributed by atoms with Gasteiger partial charge in [0.1, 0.15) is 5.76 Å². The molecule has 0 fully saturated rings. The van der Waals surface area contributed by atoms with E-state index in [0.717, 1.165) is 16.8 Å². The highest BCUT2D eigenvalue weighted by Gasteiger charge is 2.13. The van der Waals surface area contributed by atoms with Crippen LogP contribution in [0.25, 0.3) is 0 Å². The molecule has 2 amide bonds. The summed E-state index contributed by atoms with van der Waals surface area (Å²) in [6, 6.07) is 10.9. The van der Waals surface area contributed by atoms with Gasteiger partial charge < -0.3 is 15.1 Å². The number of aryl methyl sites for hydroxylation is 2. The minimum absolute atomic E-state index is 0.269. The quantitative estimate of drug-likeness (QED) is 0.739. The highest BCUT2D eigenvalue weighted by molar-refractivity contribution is 6.06. The number of hydrogen-bond donors (Lipinski definition) is 2. The number of benzene rings is 1. The van der Waals surface area contributed by atoms with Crippen LogP contribution in [0.1, 0.15) is 37.6 Å². The molecule has 26 heavy (non-hydrogen) atoms. The van der Waals surface area contributed by atoms with Crippen molar-refractivity contribution in [3.8, 4) is 0 Å². The van der Waals surface area contributed by atoms with Crippen LogP contribution < -0.4 is 10.6 Å². The molecule has 0 saturated carbocycles. The van der Waals surface area contributed by atoms with Crippen LogP contribution in [0, 0.1) is 13.8 Å². The van der Waals surface area contributed by atoms with Crippen molar-refractivity contribution in [3.63, 3.8) is 0 Å². The van der Waals surface area contributed by atoms with Crippen LogP contribution in [-0.2, 0) is 6.54 Å². The highest BCUT2D eigenvalue weighted by atomic mass is 16.3. The first-order valence-corrected chi connectivity index (χ1v) is 8.17. The number of hydrogen-bond acceptors (Lipinski definition) is 4. The smallest absolute Gasteiger partial charge is 0.257 e. The normalized spacial score (nSPS) is 10.4. The lowest BCUT2D eigenvalue weighted by molar-refractivity contribution is 0.0947. The molecule has 132 valence electrons. The largest absolute Gasteiger partial charge is 0.467 e. The number of carbonyl (C=O) groups is 2. The maximum absolute atomic E-state index is 12.5. The Balaban J connectivity index is 1.70. The molecular formula is C20H19N3O3. The van der Waals surface area contributed by atoms with Gasteiger partial charge in [-0.3, -0.25) is 14.6 Å². The van der Waals surface area contributed by atoms with E-state index < -0.39 is 0 Å². The molecule has 6 heteroatoms. The number of nitrogens with zero attached hydrogens (tertiary/aromatic N) is 1. The standard InChI is InChI=1S/C20H19N3O3/c1-13-5-6-14(2)18(8-13)23-20(25)16-9-15(10-21-11-16)19(24)22-12-17-4-3-7-26-17/h3-11H,12H2,1-2H3,(H,22,24)(H,23,25). The second-order valence-electron chi connectivity index (χ2n) is 6.00. The average Bonchev–Trinajstić information content (AvgIpc) is 3.16. The van der Waals surface area contributed by atoms with Crippen LogP contribution >= 0.6 is 0 Å². The summed E-state index contributed by atoms with van der Waals surface area (Å²) >= 11 is 0. The molecule has 3 rings (SSSR count). The van der Waals surface area contributed by atoms with E-state index >= 15 is 0 Å². The Labute approximate surface area is 151 Å². The van der Waals surface area contributed by atoms with Crippen LogP contribution in [0.4, 0.5) is 5.69 Å². The Morgan fingerprint density at radius 1 is 1.04 bits per heavy atom. The van der Waals surface area contributed by atoms with Crippen molar-refractivity contribution in [3.05, 3.63) is 83.1 Å². The molecule has 0 unspecified atom stereocenters. The molecule has 3 aromatic rings. The zero-order valence-electron chi connectivity index (χ0n) is 14.6. The van der Waals surface area contributed by atoms with Gasteiger partial charge in [0.05, 0.1) is 23.9 Å². The third kappa shape index (κ3) is 4.16. The number of rotatable bonds is 5. The maximum atomic E-state index is 12.5. The predicted octanol–water partition coefficient (Wildman–Crippen LogP) is 3.47. The second-order valence-corrected chi connectivity index (χ2v) is 6.00. The SMILES string of the molecule is Cc1ccc(C)c(NC(=O)c2cncc(C(=O)NCc3ccco3)c2)c1. The third-order valence-corrected chi connectivity index (χ3v) is 3.91. The molecule has 0 spiro atoms. The predicted molar refractivity (Wildman–Crippen MR) is 98.0 cm³/mol. The number of furan rings is 1. The van der Waals surface area contributed by atoms with E-state index in [1.807, 2.05) is 32.0 Å². The second kappa shape index (κ2) is 7.65. The van der Waals surface area contributed by atoms with E-state index in [4.69, 9.17) is 4.42 Å². The molecule has 0 atom stereocenters. The van der Waals surface area contributed by atoms with Gasteiger partial charge in [-0.15, -0.1) is 0 Å². The lowest BCUT2D eigenvalue weighted by Crippen LogP contribution is -2.23. The van der Waals surface area contributed by atoms with Gasteiger partial charge in [0, 0.05) is 18.1 Å². The Kier molecular flexibility index (Phi) is 5.12. The first-order valence-electron chi connectivity index (χ1n) is 8.17. The molecule has 0 radical (unpaired) electrons.